The lowest BCUT2D eigenvalue weighted by molar-refractivity contribution is -0.148. The molecule has 0 bridgehead atoms. The maximum absolute atomic E-state index is 12.4. The third kappa shape index (κ3) is 5.26. The van der Waals surface area contributed by atoms with Gasteiger partial charge >= 0.3 is 5.97 Å². The number of nitrogens with one attached hydrogen (secondary N) is 1. The van der Waals surface area contributed by atoms with Gasteiger partial charge in [-0.25, -0.2) is 9.48 Å². The van der Waals surface area contributed by atoms with E-state index in [-0.39, 0.29) is 0 Å². The van der Waals surface area contributed by atoms with E-state index in [1.807, 2.05) is 60.1 Å². The third-order valence-electron chi connectivity index (χ3n) is 4.60. The Hall–Kier alpha value is -4.00. The van der Waals surface area contributed by atoms with Crippen LogP contribution in [0.2, 0.25) is 0 Å². The highest BCUT2D eigenvalue weighted by Crippen LogP contribution is 2.28. The van der Waals surface area contributed by atoms with Crippen molar-refractivity contribution in [2.45, 2.75) is 13.0 Å². The molecule has 9 heteroatoms. The highest BCUT2D eigenvalue weighted by molar-refractivity contribution is 7.14. The van der Waals surface area contributed by atoms with Crippen LogP contribution in [0.3, 0.4) is 0 Å². The van der Waals surface area contributed by atoms with E-state index < -0.39 is 18.0 Å². The smallest absolute Gasteiger partial charge is 0.331 e. The molecule has 0 aliphatic rings. The van der Waals surface area contributed by atoms with Crippen LogP contribution in [0.5, 0.6) is 0 Å². The number of anilines is 1. The fourth-order valence-electron chi connectivity index (χ4n) is 2.96. The Morgan fingerprint density at radius 2 is 1.97 bits per heavy atom. The summed E-state index contributed by atoms with van der Waals surface area (Å²) in [7, 11) is 0. The number of esters is 1. The van der Waals surface area contributed by atoms with Crippen LogP contribution in [0.4, 0.5) is 5.00 Å². The lowest BCUT2D eigenvalue weighted by Gasteiger charge is -2.11. The van der Waals surface area contributed by atoms with Gasteiger partial charge in [-0.05, 0) is 48.0 Å². The Balaban J connectivity index is 1.48. The molecular weight excluding hydrogens is 456 g/mol. The van der Waals surface area contributed by atoms with Crippen LogP contribution in [-0.4, -0.2) is 27.8 Å². The number of nitriles is 1. The van der Waals surface area contributed by atoms with Gasteiger partial charge in [0.05, 0.1) is 16.1 Å². The van der Waals surface area contributed by atoms with Gasteiger partial charge in [-0.1, -0.05) is 24.3 Å². The molecule has 33 heavy (non-hydrogen) atoms. The number of benzene rings is 1. The summed E-state index contributed by atoms with van der Waals surface area (Å²) in [5.74, 6) is -1.17. The number of amides is 1. The monoisotopic (exact) mass is 474 g/mol. The first-order valence-electron chi connectivity index (χ1n) is 9.91. The predicted molar refractivity (Wildman–Crippen MR) is 129 cm³/mol. The van der Waals surface area contributed by atoms with Gasteiger partial charge in [0.25, 0.3) is 5.91 Å². The van der Waals surface area contributed by atoms with E-state index in [0.717, 1.165) is 21.8 Å². The van der Waals surface area contributed by atoms with E-state index in [1.165, 1.54) is 24.3 Å². The molecule has 0 radical (unpaired) electrons. The summed E-state index contributed by atoms with van der Waals surface area (Å²) in [5.41, 5.74) is 2.74. The van der Waals surface area contributed by atoms with Crippen LogP contribution < -0.4 is 5.32 Å². The van der Waals surface area contributed by atoms with Crippen LogP contribution in [-0.2, 0) is 14.3 Å². The lowest BCUT2D eigenvalue weighted by atomic mass is 10.2. The van der Waals surface area contributed by atoms with Crippen molar-refractivity contribution in [2.24, 2.45) is 0 Å². The Morgan fingerprint density at radius 3 is 2.70 bits per heavy atom. The molecule has 0 aliphatic carbocycles. The molecule has 1 unspecified atom stereocenters. The van der Waals surface area contributed by atoms with Gasteiger partial charge in [-0.3, -0.25) is 4.79 Å². The molecular formula is C24H18N4O3S2. The number of hydrogen-bond acceptors (Lipinski definition) is 7. The normalized spacial score (nSPS) is 11.8. The summed E-state index contributed by atoms with van der Waals surface area (Å²) in [4.78, 5) is 25.7. The molecule has 3 aromatic heterocycles. The number of ether oxygens (including phenoxy) is 1. The van der Waals surface area contributed by atoms with Gasteiger partial charge in [0, 0.05) is 17.8 Å². The summed E-state index contributed by atoms with van der Waals surface area (Å²) in [6, 6.07) is 17.2. The number of aromatic nitrogens is 2. The molecule has 0 aliphatic heterocycles. The number of hydrogen-bond donors (Lipinski definition) is 1. The highest BCUT2D eigenvalue weighted by Gasteiger charge is 2.19. The standard InChI is InChI=1S/C24H18N4O3S2/c1-16(23(30)26-24-17(14-25)11-13-33-24)31-21(29)10-9-18-15-28(19-6-3-2-4-7-19)27-22(18)20-8-5-12-32-20/h2-13,15-16H,1H3,(H,26,30)/b10-9+. The number of carbonyl (C=O) groups is 2. The fourth-order valence-corrected chi connectivity index (χ4v) is 4.43. The third-order valence-corrected chi connectivity index (χ3v) is 6.31. The van der Waals surface area contributed by atoms with E-state index in [9.17, 15) is 9.59 Å². The first-order chi connectivity index (χ1) is 16.0. The number of para-hydroxylation sites is 1. The number of rotatable bonds is 7. The highest BCUT2D eigenvalue weighted by atomic mass is 32.1. The van der Waals surface area contributed by atoms with Crippen molar-refractivity contribution in [3.05, 3.63) is 82.7 Å². The minimum atomic E-state index is -1.03. The van der Waals surface area contributed by atoms with E-state index >= 15 is 0 Å². The Kier molecular flexibility index (Phi) is 6.78. The molecule has 1 aromatic carbocycles. The van der Waals surface area contributed by atoms with Crippen molar-refractivity contribution in [1.29, 1.82) is 5.26 Å². The fraction of sp³-hybridized carbons (Fsp3) is 0.0833. The average Bonchev–Trinajstić information content (AvgIpc) is 3.58. The first-order valence-corrected chi connectivity index (χ1v) is 11.7. The molecule has 1 amide bonds. The Bertz CT molecular complexity index is 1330. The minimum absolute atomic E-state index is 0.364. The van der Waals surface area contributed by atoms with Crippen molar-refractivity contribution in [2.75, 3.05) is 5.32 Å². The number of carbonyl (C=O) groups excluding carboxylic acids is 2. The maximum atomic E-state index is 12.4. The van der Waals surface area contributed by atoms with Crippen LogP contribution in [0, 0.1) is 11.3 Å². The molecule has 164 valence electrons. The summed E-state index contributed by atoms with van der Waals surface area (Å²) in [6.45, 7) is 1.48. The van der Waals surface area contributed by atoms with Gasteiger partial charge in [-0.15, -0.1) is 22.7 Å². The molecule has 1 atom stereocenters. The SMILES string of the molecule is CC(OC(=O)/C=C/c1cn(-c2ccccc2)nc1-c1cccs1)C(=O)Nc1sccc1C#N. The quantitative estimate of drug-likeness (QED) is 0.296. The largest absolute Gasteiger partial charge is 0.449 e. The van der Waals surface area contributed by atoms with Crippen LogP contribution >= 0.6 is 22.7 Å². The molecule has 4 rings (SSSR count). The Morgan fingerprint density at radius 1 is 1.15 bits per heavy atom. The van der Waals surface area contributed by atoms with Crippen molar-refractivity contribution >= 4 is 45.6 Å². The predicted octanol–water partition coefficient (Wildman–Crippen LogP) is 5.12. The zero-order chi connectivity index (χ0) is 23.2. The molecule has 3 heterocycles. The van der Waals surface area contributed by atoms with Crippen LogP contribution in [0.25, 0.3) is 22.3 Å². The molecule has 0 saturated heterocycles. The van der Waals surface area contributed by atoms with Crippen LogP contribution in [0.1, 0.15) is 18.1 Å². The molecule has 0 spiro atoms. The second kappa shape index (κ2) is 10.1. The van der Waals surface area contributed by atoms with E-state index in [4.69, 9.17) is 10.00 Å². The second-order valence-corrected chi connectivity index (χ2v) is 8.73. The number of thiophene rings is 2. The van der Waals surface area contributed by atoms with Gasteiger partial charge in [0.1, 0.15) is 16.8 Å². The topological polar surface area (TPSA) is 97.0 Å². The molecule has 0 saturated carbocycles. The summed E-state index contributed by atoms with van der Waals surface area (Å²) in [5, 5.41) is 20.4. The summed E-state index contributed by atoms with van der Waals surface area (Å²) >= 11 is 2.78. The molecule has 0 fully saturated rings. The first kappa shape index (κ1) is 22.2. The summed E-state index contributed by atoms with van der Waals surface area (Å²) < 4.78 is 6.99. The molecule has 7 nitrogen and oxygen atoms in total. The zero-order valence-corrected chi connectivity index (χ0v) is 19.1. The molecule has 4 aromatic rings. The second-order valence-electron chi connectivity index (χ2n) is 6.87. The maximum Gasteiger partial charge on any atom is 0.331 e. The minimum Gasteiger partial charge on any atom is -0.449 e. The van der Waals surface area contributed by atoms with Crippen molar-refractivity contribution in [3.63, 3.8) is 0 Å². The summed E-state index contributed by atoms with van der Waals surface area (Å²) in [6.07, 6.45) is 3.71. The average molecular weight is 475 g/mol. The van der Waals surface area contributed by atoms with Gasteiger partial charge in [-0.2, -0.15) is 10.4 Å². The zero-order valence-electron chi connectivity index (χ0n) is 17.5. The van der Waals surface area contributed by atoms with E-state index in [1.54, 1.807) is 33.5 Å². The van der Waals surface area contributed by atoms with Crippen molar-refractivity contribution in [1.82, 2.24) is 9.78 Å². The van der Waals surface area contributed by atoms with Gasteiger partial charge in [0.2, 0.25) is 0 Å². The number of nitrogens with zero attached hydrogens (tertiary/aromatic N) is 3. The van der Waals surface area contributed by atoms with Crippen molar-refractivity contribution in [3.8, 4) is 22.3 Å². The van der Waals surface area contributed by atoms with E-state index in [0.29, 0.717) is 10.6 Å². The molecule has 1 N–H and O–H groups in total. The Labute approximate surface area is 198 Å². The van der Waals surface area contributed by atoms with Crippen LogP contribution in [0.15, 0.2) is 71.6 Å². The lowest BCUT2D eigenvalue weighted by Crippen LogP contribution is -2.29. The van der Waals surface area contributed by atoms with Gasteiger partial charge in [0.15, 0.2) is 6.10 Å². The van der Waals surface area contributed by atoms with E-state index in [2.05, 4.69) is 10.4 Å². The van der Waals surface area contributed by atoms with Crippen molar-refractivity contribution < 1.29 is 14.3 Å². The van der Waals surface area contributed by atoms with Gasteiger partial charge < -0.3 is 10.1 Å².